The molecule has 112 valence electrons. The van der Waals surface area contributed by atoms with Crippen molar-refractivity contribution in [2.75, 3.05) is 11.5 Å². The van der Waals surface area contributed by atoms with E-state index in [1.165, 1.54) is 4.90 Å². The van der Waals surface area contributed by atoms with Crippen LogP contribution in [0.1, 0.15) is 26.5 Å². The quantitative estimate of drug-likeness (QED) is 0.573. The molecule has 1 aromatic heterocycles. The summed E-state index contributed by atoms with van der Waals surface area (Å²) in [5.41, 5.74) is 8.11. The molecule has 0 aliphatic carbocycles. The number of benzene rings is 1. The lowest BCUT2D eigenvalue weighted by Crippen LogP contribution is -2.07. The fourth-order valence-electron chi connectivity index (χ4n) is 2.03. The molecule has 2 N–H and O–H groups in total. The van der Waals surface area contributed by atoms with Crippen LogP contribution in [0.5, 0.6) is 0 Å². The number of halogens is 1. The van der Waals surface area contributed by atoms with Gasteiger partial charge in [-0.05, 0) is 52.8 Å². The average molecular weight is 413 g/mol. The van der Waals surface area contributed by atoms with Gasteiger partial charge in [0.2, 0.25) is 0 Å². The van der Waals surface area contributed by atoms with Crippen molar-refractivity contribution in [3.05, 3.63) is 33.5 Å². The number of nitrogens with zero attached hydrogens (tertiary/aromatic N) is 2. The normalized spacial score (nSPS) is 11.1. The Hall–Kier alpha value is -0.820. The minimum Gasteiger partial charge on any atom is -0.383 e. The number of aromatic nitrogens is 2. The lowest BCUT2D eigenvalue weighted by molar-refractivity contribution is 0.632. The fraction of sp³-hybridized carbons (Fsp3) is 0.375. The van der Waals surface area contributed by atoms with Crippen LogP contribution in [0.3, 0.4) is 0 Å². The molecule has 1 aromatic carbocycles. The van der Waals surface area contributed by atoms with Crippen molar-refractivity contribution in [3.63, 3.8) is 0 Å². The van der Waals surface area contributed by atoms with E-state index in [9.17, 15) is 0 Å². The van der Waals surface area contributed by atoms with Gasteiger partial charge in [0.1, 0.15) is 5.82 Å². The molecule has 0 amide bonds. The van der Waals surface area contributed by atoms with Crippen LogP contribution in [-0.2, 0) is 6.42 Å². The Morgan fingerprint density at radius 2 is 1.86 bits per heavy atom. The smallest absolute Gasteiger partial charge is 0.161 e. The Kier molecular flexibility index (Phi) is 5.87. The van der Waals surface area contributed by atoms with Crippen molar-refractivity contribution in [2.24, 2.45) is 5.92 Å². The zero-order valence-corrected chi connectivity index (χ0v) is 15.5. The first-order valence-corrected chi connectivity index (χ1v) is 9.12. The van der Waals surface area contributed by atoms with E-state index < -0.39 is 0 Å². The van der Waals surface area contributed by atoms with E-state index >= 15 is 0 Å². The predicted octanol–water partition coefficient (Wildman–Crippen LogP) is 4.64. The highest BCUT2D eigenvalue weighted by Gasteiger charge is 2.12. The molecule has 3 nitrogen and oxygen atoms in total. The molecule has 0 aliphatic heterocycles. The Bertz CT molecular complexity index is 612. The van der Waals surface area contributed by atoms with Crippen LogP contribution in [0.15, 0.2) is 29.2 Å². The predicted molar refractivity (Wildman–Crippen MR) is 99.5 cm³/mol. The van der Waals surface area contributed by atoms with Gasteiger partial charge in [-0.3, -0.25) is 0 Å². The molecule has 5 heteroatoms. The van der Waals surface area contributed by atoms with E-state index in [1.54, 1.807) is 0 Å². The summed E-state index contributed by atoms with van der Waals surface area (Å²) in [4.78, 5) is 10.4. The second-order valence-electron chi connectivity index (χ2n) is 5.25. The highest BCUT2D eigenvalue weighted by Crippen LogP contribution is 2.26. The SMILES string of the molecule is CCSc1ccc(-c2nc(N)c(I)c(CC(C)C)n2)cc1. The minimum atomic E-state index is 0.545. The zero-order chi connectivity index (χ0) is 15.4. The van der Waals surface area contributed by atoms with Crippen LogP contribution in [0.4, 0.5) is 5.82 Å². The Labute approximate surface area is 144 Å². The monoisotopic (exact) mass is 413 g/mol. The number of hydrogen-bond acceptors (Lipinski definition) is 4. The Morgan fingerprint density at radius 3 is 2.43 bits per heavy atom. The van der Waals surface area contributed by atoms with E-state index in [-0.39, 0.29) is 0 Å². The van der Waals surface area contributed by atoms with Gasteiger partial charge in [-0.1, -0.05) is 32.9 Å². The topological polar surface area (TPSA) is 51.8 Å². The molecule has 2 rings (SSSR count). The van der Waals surface area contributed by atoms with Crippen molar-refractivity contribution in [1.29, 1.82) is 0 Å². The van der Waals surface area contributed by atoms with Crippen molar-refractivity contribution in [3.8, 4) is 11.4 Å². The van der Waals surface area contributed by atoms with Crippen LogP contribution < -0.4 is 5.73 Å². The van der Waals surface area contributed by atoms with E-state index in [2.05, 4.69) is 72.6 Å². The summed E-state index contributed by atoms with van der Waals surface area (Å²) < 4.78 is 0.975. The molecule has 0 atom stereocenters. The largest absolute Gasteiger partial charge is 0.383 e. The minimum absolute atomic E-state index is 0.545. The maximum atomic E-state index is 6.05. The lowest BCUT2D eigenvalue weighted by atomic mass is 10.1. The van der Waals surface area contributed by atoms with Gasteiger partial charge < -0.3 is 5.73 Å². The second kappa shape index (κ2) is 7.45. The third-order valence-electron chi connectivity index (χ3n) is 2.97. The highest BCUT2D eigenvalue weighted by atomic mass is 127. The summed E-state index contributed by atoms with van der Waals surface area (Å²) in [5, 5.41) is 0. The summed E-state index contributed by atoms with van der Waals surface area (Å²) in [6.45, 7) is 6.52. The molecule has 0 spiro atoms. The summed E-state index contributed by atoms with van der Waals surface area (Å²) in [6.07, 6.45) is 0.918. The molecule has 2 aromatic rings. The molecule has 0 saturated carbocycles. The molecule has 21 heavy (non-hydrogen) atoms. The third kappa shape index (κ3) is 4.32. The molecule has 0 radical (unpaired) electrons. The maximum Gasteiger partial charge on any atom is 0.161 e. The van der Waals surface area contributed by atoms with Gasteiger partial charge in [0.25, 0.3) is 0 Å². The molecular formula is C16H20IN3S. The molecule has 0 aliphatic rings. The van der Waals surface area contributed by atoms with Gasteiger partial charge in [0, 0.05) is 10.5 Å². The third-order valence-corrected chi connectivity index (χ3v) is 5.04. The Morgan fingerprint density at radius 1 is 1.19 bits per heavy atom. The van der Waals surface area contributed by atoms with Crippen molar-refractivity contribution in [2.45, 2.75) is 32.1 Å². The van der Waals surface area contributed by atoms with Crippen LogP contribution in [-0.4, -0.2) is 15.7 Å². The fourth-order valence-corrected chi connectivity index (χ4v) is 3.15. The number of thioether (sulfide) groups is 1. The van der Waals surface area contributed by atoms with Crippen LogP contribution >= 0.6 is 34.4 Å². The maximum absolute atomic E-state index is 6.05. The molecule has 0 saturated heterocycles. The van der Waals surface area contributed by atoms with Crippen LogP contribution in [0.2, 0.25) is 0 Å². The molecule has 1 heterocycles. The van der Waals surface area contributed by atoms with E-state index in [0.29, 0.717) is 11.7 Å². The number of hydrogen-bond donors (Lipinski definition) is 1. The van der Waals surface area contributed by atoms with Crippen LogP contribution in [0.25, 0.3) is 11.4 Å². The first kappa shape index (κ1) is 16.5. The zero-order valence-electron chi connectivity index (χ0n) is 12.6. The average Bonchev–Trinajstić information content (AvgIpc) is 2.44. The van der Waals surface area contributed by atoms with Crippen molar-refractivity contribution >= 4 is 40.2 Å². The van der Waals surface area contributed by atoms with Crippen molar-refractivity contribution in [1.82, 2.24) is 9.97 Å². The number of rotatable bonds is 5. The molecular weight excluding hydrogens is 393 g/mol. The van der Waals surface area contributed by atoms with Gasteiger partial charge in [0.05, 0.1) is 9.26 Å². The highest BCUT2D eigenvalue weighted by molar-refractivity contribution is 14.1. The standard InChI is InChI=1S/C16H20IN3S/c1-4-21-12-7-5-11(6-8-12)16-19-13(9-10(2)3)14(17)15(18)20-16/h5-8,10H,4,9H2,1-3H3,(H2,18,19,20). The Balaban J connectivity index is 2.36. The first-order valence-electron chi connectivity index (χ1n) is 7.06. The summed E-state index contributed by atoms with van der Waals surface area (Å²) in [6, 6.07) is 8.36. The number of nitrogen functional groups attached to an aromatic ring is 1. The van der Waals surface area contributed by atoms with Crippen LogP contribution in [0, 0.1) is 9.49 Å². The van der Waals surface area contributed by atoms with Crippen molar-refractivity contribution < 1.29 is 0 Å². The second-order valence-corrected chi connectivity index (χ2v) is 7.66. The van der Waals surface area contributed by atoms with Gasteiger partial charge in [-0.15, -0.1) is 11.8 Å². The van der Waals surface area contributed by atoms with Gasteiger partial charge >= 0.3 is 0 Å². The van der Waals surface area contributed by atoms with E-state index in [1.807, 2.05) is 11.8 Å². The van der Waals surface area contributed by atoms with Gasteiger partial charge in [-0.2, -0.15) is 0 Å². The summed E-state index contributed by atoms with van der Waals surface area (Å²) in [5.74, 6) is 2.91. The molecule has 0 unspecified atom stereocenters. The van der Waals surface area contributed by atoms with Gasteiger partial charge in [-0.25, -0.2) is 9.97 Å². The van der Waals surface area contributed by atoms with E-state index in [4.69, 9.17) is 10.7 Å². The number of anilines is 1. The molecule has 0 bridgehead atoms. The first-order chi connectivity index (χ1) is 10.0. The summed E-state index contributed by atoms with van der Waals surface area (Å²) in [7, 11) is 0. The molecule has 0 fully saturated rings. The summed E-state index contributed by atoms with van der Waals surface area (Å²) >= 11 is 4.07. The lowest BCUT2D eigenvalue weighted by Gasteiger charge is -2.11. The van der Waals surface area contributed by atoms with E-state index in [0.717, 1.165) is 32.8 Å². The van der Waals surface area contributed by atoms with Gasteiger partial charge in [0.15, 0.2) is 5.82 Å². The number of nitrogens with two attached hydrogens (primary N) is 1.